The number of nitrogens with one attached hydrogen (secondary N) is 1. The number of halogens is 1. The average molecular weight is 606 g/mol. The Balaban J connectivity index is 1.39. The smallest absolute Gasteiger partial charge is 0.366 e. The molecule has 0 aliphatic heterocycles. The summed E-state index contributed by atoms with van der Waals surface area (Å²) in [4.78, 5) is 46.6. The van der Waals surface area contributed by atoms with Crippen molar-refractivity contribution in [3.63, 3.8) is 0 Å². The molecule has 0 radical (unpaired) electrons. The van der Waals surface area contributed by atoms with E-state index < -0.39 is 29.7 Å². The third-order valence-corrected chi connectivity index (χ3v) is 5.94. The van der Waals surface area contributed by atoms with Gasteiger partial charge in [0.2, 0.25) is 5.83 Å². The van der Waals surface area contributed by atoms with Crippen LogP contribution >= 0.6 is 0 Å². The molecular weight excluding hydrogens is 573 g/mol. The van der Waals surface area contributed by atoms with E-state index in [0.29, 0.717) is 30.0 Å². The van der Waals surface area contributed by atoms with E-state index in [1.807, 2.05) is 12.1 Å². The largest absolute Gasteiger partial charge is 0.490 e. The van der Waals surface area contributed by atoms with Gasteiger partial charge in [-0.1, -0.05) is 37.4 Å². The summed E-state index contributed by atoms with van der Waals surface area (Å²) in [5.41, 5.74) is 2.97. The lowest BCUT2D eigenvalue weighted by Gasteiger charge is -2.10. The van der Waals surface area contributed by atoms with Gasteiger partial charge < -0.3 is 29.0 Å². The maximum absolute atomic E-state index is 12.6. The summed E-state index contributed by atoms with van der Waals surface area (Å²) in [6, 6.07) is 21.0. The molecular formula is C33H32FNO9. The quantitative estimate of drug-likeness (QED) is 0.0741. The van der Waals surface area contributed by atoms with Crippen LogP contribution in [0.15, 0.2) is 97.4 Å². The Bertz CT molecular complexity index is 1470. The molecule has 0 fully saturated rings. The van der Waals surface area contributed by atoms with Gasteiger partial charge in [-0.05, 0) is 66.1 Å². The van der Waals surface area contributed by atoms with E-state index >= 15 is 0 Å². The Morgan fingerprint density at radius 2 is 1.34 bits per heavy atom. The number of benzene rings is 3. The molecule has 0 saturated carbocycles. The summed E-state index contributed by atoms with van der Waals surface area (Å²) in [7, 11) is 1.23. The van der Waals surface area contributed by atoms with E-state index in [9.17, 15) is 23.6 Å². The van der Waals surface area contributed by atoms with Gasteiger partial charge in [0.15, 0.2) is 0 Å². The van der Waals surface area contributed by atoms with Crippen molar-refractivity contribution in [2.24, 2.45) is 0 Å². The second-order valence-corrected chi connectivity index (χ2v) is 9.18. The van der Waals surface area contributed by atoms with Crippen LogP contribution < -0.4 is 14.8 Å². The van der Waals surface area contributed by atoms with Crippen LogP contribution in [0.1, 0.15) is 23.2 Å². The van der Waals surface area contributed by atoms with Crippen molar-refractivity contribution >= 4 is 29.6 Å². The maximum Gasteiger partial charge on any atom is 0.366 e. The molecule has 0 spiro atoms. The zero-order chi connectivity index (χ0) is 31.9. The molecule has 0 amide bonds. The predicted molar refractivity (Wildman–Crippen MR) is 160 cm³/mol. The van der Waals surface area contributed by atoms with E-state index in [1.165, 1.54) is 7.11 Å². The zero-order valence-electron chi connectivity index (χ0n) is 24.1. The van der Waals surface area contributed by atoms with Crippen LogP contribution in [-0.2, 0) is 28.6 Å². The molecule has 230 valence electrons. The molecule has 0 unspecified atom stereocenters. The maximum atomic E-state index is 12.6. The van der Waals surface area contributed by atoms with Gasteiger partial charge >= 0.3 is 23.9 Å². The first-order chi connectivity index (χ1) is 21.2. The molecule has 0 heterocycles. The van der Waals surface area contributed by atoms with E-state index in [-0.39, 0.29) is 31.8 Å². The molecule has 0 saturated heterocycles. The standard InChI is InChI=1S/C33H32FNO9/c1-22(21-30(36)40-3)31(37)42-18-4-17-35-27-11-15-29(16-12-27)44-33(39)26-7-5-24(6-8-26)25-9-13-28(14-10-25)41-19-20-43-32(38)23(2)34/h5-16,35H,1-2,4,17-21H2,3H3. The highest BCUT2D eigenvalue weighted by atomic mass is 19.1. The highest BCUT2D eigenvalue weighted by Crippen LogP contribution is 2.24. The number of ether oxygens (including phenoxy) is 5. The summed E-state index contributed by atoms with van der Waals surface area (Å²) in [5, 5.41) is 3.18. The van der Waals surface area contributed by atoms with Crippen molar-refractivity contribution in [2.75, 3.05) is 38.8 Å². The Hall–Kier alpha value is -5.45. The number of anilines is 1. The first-order valence-corrected chi connectivity index (χ1v) is 13.5. The third kappa shape index (κ3) is 10.8. The second kappa shape index (κ2) is 16.9. The van der Waals surface area contributed by atoms with Crippen molar-refractivity contribution < 1.29 is 47.3 Å². The topological polar surface area (TPSA) is 126 Å². The summed E-state index contributed by atoms with van der Waals surface area (Å²) in [6.45, 7) is 7.01. The van der Waals surface area contributed by atoms with Crippen molar-refractivity contribution in [1.82, 2.24) is 0 Å². The molecule has 0 bridgehead atoms. The predicted octanol–water partition coefficient (Wildman–Crippen LogP) is 5.44. The summed E-state index contributed by atoms with van der Waals surface area (Å²) >= 11 is 0. The molecule has 0 atom stereocenters. The first kappa shape index (κ1) is 33.1. The average Bonchev–Trinajstić information content (AvgIpc) is 3.03. The number of hydrogen-bond donors (Lipinski definition) is 1. The SMILES string of the molecule is C=C(F)C(=O)OCCOc1ccc(-c2ccc(C(=O)Oc3ccc(NCCCOC(=O)C(=C)CC(=O)OC)cc3)cc2)cc1. The molecule has 3 aromatic carbocycles. The highest BCUT2D eigenvalue weighted by molar-refractivity contribution is 5.93. The Labute approximate surface area is 254 Å². The van der Waals surface area contributed by atoms with Gasteiger partial charge in [-0.15, -0.1) is 0 Å². The second-order valence-electron chi connectivity index (χ2n) is 9.18. The van der Waals surface area contributed by atoms with Crippen LogP contribution in [0.25, 0.3) is 11.1 Å². The van der Waals surface area contributed by atoms with E-state index in [2.05, 4.69) is 27.9 Å². The lowest BCUT2D eigenvalue weighted by atomic mass is 10.0. The first-order valence-electron chi connectivity index (χ1n) is 13.5. The van der Waals surface area contributed by atoms with E-state index in [1.54, 1.807) is 60.7 Å². The fourth-order valence-corrected chi connectivity index (χ4v) is 3.61. The van der Waals surface area contributed by atoms with Gasteiger partial charge in [0.05, 0.1) is 25.7 Å². The number of carbonyl (C=O) groups is 4. The van der Waals surface area contributed by atoms with Gasteiger partial charge in [-0.25, -0.2) is 14.4 Å². The van der Waals surface area contributed by atoms with Gasteiger partial charge in [0.1, 0.15) is 24.7 Å². The minimum absolute atomic E-state index is 0.0350. The van der Waals surface area contributed by atoms with Crippen LogP contribution in [-0.4, -0.2) is 57.4 Å². The Kier molecular flexibility index (Phi) is 12.7. The van der Waals surface area contributed by atoms with Gasteiger partial charge in [-0.3, -0.25) is 4.79 Å². The lowest BCUT2D eigenvalue weighted by molar-refractivity contribution is -0.144. The minimum Gasteiger partial charge on any atom is -0.490 e. The number of esters is 4. The highest BCUT2D eigenvalue weighted by Gasteiger charge is 2.13. The monoisotopic (exact) mass is 605 g/mol. The van der Waals surface area contributed by atoms with Crippen LogP contribution in [0.4, 0.5) is 10.1 Å². The third-order valence-electron chi connectivity index (χ3n) is 5.94. The Morgan fingerprint density at radius 1 is 0.750 bits per heavy atom. The molecule has 1 N–H and O–H groups in total. The molecule has 3 rings (SSSR count). The van der Waals surface area contributed by atoms with Crippen LogP contribution in [0.3, 0.4) is 0 Å². The Morgan fingerprint density at radius 3 is 1.95 bits per heavy atom. The molecule has 0 aromatic heterocycles. The lowest BCUT2D eigenvalue weighted by Crippen LogP contribution is -2.14. The van der Waals surface area contributed by atoms with Crippen LogP contribution in [0, 0.1) is 0 Å². The van der Waals surface area contributed by atoms with Crippen LogP contribution in [0.5, 0.6) is 11.5 Å². The zero-order valence-corrected chi connectivity index (χ0v) is 24.1. The van der Waals surface area contributed by atoms with Gasteiger partial charge in [-0.2, -0.15) is 4.39 Å². The van der Waals surface area contributed by atoms with Crippen molar-refractivity contribution in [1.29, 1.82) is 0 Å². The van der Waals surface area contributed by atoms with Crippen molar-refractivity contribution in [3.05, 3.63) is 103 Å². The van der Waals surface area contributed by atoms with E-state index in [0.717, 1.165) is 16.8 Å². The fraction of sp³-hybridized carbons (Fsp3) is 0.212. The molecule has 10 nitrogen and oxygen atoms in total. The molecule has 0 aliphatic rings. The molecule has 11 heteroatoms. The van der Waals surface area contributed by atoms with Crippen molar-refractivity contribution in [3.8, 4) is 22.6 Å². The summed E-state index contributed by atoms with van der Waals surface area (Å²) < 4.78 is 37.7. The summed E-state index contributed by atoms with van der Waals surface area (Å²) in [6.07, 6.45) is 0.314. The number of carbonyl (C=O) groups excluding carboxylic acids is 4. The van der Waals surface area contributed by atoms with E-state index in [4.69, 9.17) is 14.2 Å². The molecule has 0 aliphatic carbocycles. The number of hydrogen-bond acceptors (Lipinski definition) is 10. The van der Waals surface area contributed by atoms with Gasteiger partial charge in [0.25, 0.3) is 0 Å². The molecule has 44 heavy (non-hydrogen) atoms. The van der Waals surface area contributed by atoms with Crippen molar-refractivity contribution in [2.45, 2.75) is 12.8 Å². The normalized spacial score (nSPS) is 10.2. The minimum atomic E-state index is -1.16. The fourth-order valence-electron chi connectivity index (χ4n) is 3.61. The molecule has 3 aromatic rings. The number of rotatable bonds is 16. The van der Waals surface area contributed by atoms with Crippen LogP contribution in [0.2, 0.25) is 0 Å². The summed E-state index contributed by atoms with van der Waals surface area (Å²) in [5.74, 6) is -3.05. The van der Waals surface area contributed by atoms with Gasteiger partial charge in [0, 0.05) is 17.8 Å². The number of methoxy groups -OCH3 is 1.